The molecule has 1 aromatic heterocycles. The number of unbranched alkanes of at least 4 members (excludes halogenated alkanes) is 1. The Hall–Kier alpha value is -2.07. The lowest BCUT2D eigenvalue weighted by molar-refractivity contribution is 0.309. The fourth-order valence-electron chi connectivity index (χ4n) is 2.48. The number of aromatic nitrogens is 1. The van der Waals surface area contributed by atoms with Crippen molar-refractivity contribution in [3.05, 3.63) is 64.4 Å². The van der Waals surface area contributed by atoms with Gasteiger partial charge in [0.25, 0.3) is 5.56 Å². The lowest BCUT2D eigenvalue weighted by atomic mass is 10.1. The number of rotatable bonds is 7. The summed E-state index contributed by atoms with van der Waals surface area (Å²) in [6.07, 6.45) is 3.07. The molecule has 0 saturated heterocycles. The van der Waals surface area contributed by atoms with Crippen LogP contribution in [-0.2, 0) is 13.0 Å². The standard InChI is InChI=1S/C19H21NO2S/c1-2-3-14-22-16-10-8-15(9-11-16)12-13-20-19(21)17-6-4-5-7-18(17)23-20/h4-11H,2-3,12-14H2,1H3. The van der Waals surface area contributed by atoms with Gasteiger partial charge >= 0.3 is 0 Å². The molecule has 0 aliphatic carbocycles. The molecule has 0 aliphatic rings. The predicted molar refractivity (Wildman–Crippen MR) is 96.6 cm³/mol. The van der Waals surface area contributed by atoms with Gasteiger partial charge in [-0.15, -0.1) is 0 Å². The molecule has 23 heavy (non-hydrogen) atoms. The predicted octanol–water partition coefficient (Wildman–Crippen LogP) is 4.48. The molecule has 3 rings (SSSR count). The van der Waals surface area contributed by atoms with Gasteiger partial charge in [0.05, 0.1) is 16.7 Å². The second-order valence-electron chi connectivity index (χ2n) is 5.59. The van der Waals surface area contributed by atoms with Crippen LogP contribution in [0.15, 0.2) is 53.3 Å². The molecule has 0 fully saturated rings. The molecule has 0 aliphatic heterocycles. The van der Waals surface area contributed by atoms with Crippen molar-refractivity contribution >= 4 is 21.6 Å². The minimum Gasteiger partial charge on any atom is -0.494 e. The van der Waals surface area contributed by atoms with Crippen molar-refractivity contribution in [1.29, 1.82) is 0 Å². The van der Waals surface area contributed by atoms with Gasteiger partial charge in [-0.05, 0) is 42.7 Å². The lowest BCUT2D eigenvalue weighted by Gasteiger charge is -2.06. The Morgan fingerprint density at radius 1 is 1.09 bits per heavy atom. The number of ether oxygens (including phenoxy) is 1. The Balaban J connectivity index is 1.63. The Labute approximate surface area is 140 Å². The quantitative estimate of drug-likeness (QED) is 0.599. The SMILES string of the molecule is CCCCOc1ccc(CCn2sc3ccccc3c2=O)cc1. The second-order valence-corrected chi connectivity index (χ2v) is 6.65. The van der Waals surface area contributed by atoms with Crippen molar-refractivity contribution in [2.75, 3.05) is 6.61 Å². The fraction of sp³-hybridized carbons (Fsp3) is 0.316. The van der Waals surface area contributed by atoms with E-state index in [-0.39, 0.29) is 5.56 Å². The zero-order valence-corrected chi connectivity index (χ0v) is 14.1. The van der Waals surface area contributed by atoms with E-state index in [0.717, 1.165) is 41.7 Å². The van der Waals surface area contributed by atoms with Gasteiger partial charge in [0.2, 0.25) is 0 Å². The van der Waals surface area contributed by atoms with Crippen molar-refractivity contribution in [2.45, 2.75) is 32.7 Å². The molecule has 3 aromatic rings. The normalized spacial score (nSPS) is 11.0. The van der Waals surface area contributed by atoms with Crippen LogP contribution in [-0.4, -0.2) is 10.6 Å². The highest BCUT2D eigenvalue weighted by Gasteiger charge is 2.06. The van der Waals surface area contributed by atoms with Gasteiger partial charge in [-0.25, -0.2) is 0 Å². The summed E-state index contributed by atoms with van der Waals surface area (Å²) in [5.74, 6) is 0.918. The molecule has 0 saturated carbocycles. The third kappa shape index (κ3) is 3.82. The molecule has 0 radical (unpaired) electrons. The highest BCUT2D eigenvalue weighted by molar-refractivity contribution is 7.13. The molecule has 3 nitrogen and oxygen atoms in total. The Kier molecular flexibility index (Phi) is 5.13. The molecule has 1 heterocycles. The van der Waals surface area contributed by atoms with Crippen molar-refractivity contribution in [2.24, 2.45) is 0 Å². The third-order valence-electron chi connectivity index (χ3n) is 3.85. The zero-order chi connectivity index (χ0) is 16.1. The first-order valence-corrected chi connectivity index (χ1v) is 8.86. The van der Waals surface area contributed by atoms with Crippen LogP contribution in [0.2, 0.25) is 0 Å². The van der Waals surface area contributed by atoms with E-state index in [2.05, 4.69) is 19.1 Å². The summed E-state index contributed by atoms with van der Waals surface area (Å²) in [5.41, 5.74) is 1.34. The van der Waals surface area contributed by atoms with Gasteiger partial charge in [-0.2, -0.15) is 0 Å². The molecule has 2 aromatic carbocycles. The van der Waals surface area contributed by atoms with E-state index < -0.39 is 0 Å². The number of hydrogen-bond acceptors (Lipinski definition) is 3. The van der Waals surface area contributed by atoms with Gasteiger partial charge in [0.15, 0.2) is 0 Å². The molecule has 0 N–H and O–H groups in total. The van der Waals surface area contributed by atoms with Crippen molar-refractivity contribution in [3.63, 3.8) is 0 Å². The number of benzene rings is 2. The highest BCUT2D eigenvalue weighted by Crippen LogP contribution is 2.17. The topological polar surface area (TPSA) is 31.2 Å². The molecule has 0 spiro atoms. The van der Waals surface area contributed by atoms with Crippen LogP contribution in [0.3, 0.4) is 0 Å². The van der Waals surface area contributed by atoms with Crippen LogP contribution in [0.1, 0.15) is 25.3 Å². The number of aryl methyl sites for hydroxylation is 2. The molecule has 0 unspecified atom stereocenters. The molecular formula is C19H21NO2S. The summed E-state index contributed by atoms with van der Waals surface area (Å²) in [4.78, 5) is 12.3. The van der Waals surface area contributed by atoms with Gasteiger partial charge in [-0.3, -0.25) is 8.75 Å². The van der Waals surface area contributed by atoms with E-state index in [1.165, 1.54) is 17.1 Å². The van der Waals surface area contributed by atoms with Crippen molar-refractivity contribution < 1.29 is 4.74 Å². The minimum absolute atomic E-state index is 0.116. The van der Waals surface area contributed by atoms with Gasteiger partial charge in [0, 0.05) is 6.54 Å². The van der Waals surface area contributed by atoms with Crippen LogP contribution >= 0.6 is 11.5 Å². The summed E-state index contributed by atoms with van der Waals surface area (Å²) in [6, 6.07) is 16.0. The summed E-state index contributed by atoms with van der Waals surface area (Å²) >= 11 is 1.54. The van der Waals surface area contributed by atoms with E-state index in [1.54, 1.807) is 0 Å². The summed E-state index contributed by atoms with van der Waals surface area (Å²) < 4.78 is 8.57. The number of fused-ring (bicyclic) bond motifs is 1. The van der Waals surface area contributed by atoms with Crippen LogP contribution in [0.5, 0.6) is 5.75 Å². The summed E-state index contributed by atoms with van der Waals surface area (Å²) in [6.45, 7) is 3.64. The van der Waals surface area contributed by atoms with E-state index >= 15 is 0 Å². The first kappa shape index (κ1) is 15.8. The van der Waals surface area contributed by atoms with Crippen molar-refractivity contribution in [3.8, 4) is 5.75 Å². The van der Waals surface area contributed by atoms with E-state index in [4.69, 9.17) is 4.74 Å². The lowest BCUT2D eigenvalue weighted by Crippen LogP contribution is -2.14. The summed E-state index contributed by atoms with van der Waals surface area (Å²) in [5, 5.41) is 0.817. The van der Waals surface area contributed by atoms with Gasteiger partial charge in [-0.1, -0.05) is 49.1 Å². The molecule has 0 atom stereocenters. The average molecular weight is 327 g/mol. The smallest absolute Gasteiger partial charge is 0.268 e. The van der Waals surface area contributed by atoms with Crippen LogP contribution < -0.4 is 10.3 Å². The van der Waals surface area contributed by atoms with Crippen LogP contribution in [0, 0.1) is 0 Å². The maximum atomic E-state index is 12.3. The molecular weight excluding hydrogens is 306 g/mol. The third-order valence-corrected chi connectivity index (χ3v) is 4.97. The van der Waals surface area contributed by atoms with Crippen molar-refractivity contribution in [1.82, 2.24) is 3.96 Å². The zero-order valence-electron chi connectivity index (χ0n) is 13.3. The number of hydrogen-bond donors (Lipinski definition) is 0. The Morgan fingerprint density at radius 2 is 1.87 bits per heavy atom. The van der Waals surface area contributed by atoms with E-state index in [1.807, 2.05) is 40.4 Å². The molecule has 0 bridgehead atoms. The minimum atomic E-state index is 0.116. The Bertz CT molecular complexity index is 817. The Morgan fingerprint density at radius 3 is 2.61 bits per heavy atom. The van der Waals surface area contributed by atoms with E-state index in [0.29, 0.717) is 6.54 Å². The number of nitrogens with zero attached hydrogens (tertiary/aromatic N) is 1. The molecule has 120 valence electrons. The molecule has 0 amide bonds. The first-order valence-electron chi connectivity index (χ1n) is 8.08. The molecule has 4 heteroatoms. The van der Waals surface area contributed by atoms with Crippen LogP contribution in [0.4, 0.5) is 0 Å². The maximum Gasteiger partial charge on any atom is 0.268 e. The first-order chi connectivity index (χ1) is 11.3. The van der Waals surface area contributed by atoms with Gasteiger partial charge in [0.1, 0.15) is 5.75 Å². The average Bonchev–Trinajstić information content (AvgIpc) is 2.91. The monoisotopic (exact) mass is 327 g/mol. The van der Waals surface area contributed by atoms with Gasteiger partial charge < -0.3 is 4.74 Å². The largest absolute Gasteiger partial charge is 0.494 e. The van der Waals surface area contributed by atoms with Crippen LogP contribution in [0.25, 0.3) is 10.1 Å². The summed E-state index contributed by atoms with van der Waals surface area (Å²) in [7, 11) is 0. The maximum absolute atomic E-state index is 12.3. The highest BCUT2D eigenvalue weighted by atomic mass is 32.1. The van der Waals surface area contributed by atoms with E-state index in [9.17, 15) is 4.79 Å². The fourth-order valence-corrected chi connectivity index (χ4v) is 3.48. The second kappa shape index (κ2) is 7.47.